The summed E-state index contributed by atoms with van der Waals surface area (Å²) in [6, 6.07) is 15.9. The lowest BCUT2D eigenvalue weighted by Gasteiger charge is -2.14. The molecule has 152 valence electrons. The highest BCUT2D eigenvalue weighted by Gasteiger charge is 2.21. The predicted octanol–water partition coefficient (Wildman–Crippen LogP) is 4.33. The molecule has 3 rings (SSSR count). The molecule has 0 saturated carbocycles. The van der Waals surface area contributed by atoms with Gasteiger partial charge in [-0.2, -0.15) is 0 Å². The first kappa shape index (κ1) is 21.1. The van der Waals surface area contributed by atoms with E-state index < -0.39 is 0 Å². The minimum atomic E-state index is -0.327. The number of aryl methyl sites for hydroxylation is 2. The Bertz CT molecular complexity index is 969. The van der Waals surface area contributed by atoms with Crippen LogP contribution in [0.1, 0.15) is 18.1 Å². The van der Waals surface area contributed by atoms with Gasteiger partial charge in [0.05, 0.1) is 18.4 Å². The molecule has 1 amide bonds. The molecule has 6 nitrogen and oxygen atoms in total. The molecule has 0 aliphatic carbocycles. The van der Waals surface area contributed by atoms with Gasteiger partial charge in [0.25, 0.3) is 0 Å². The maximum Gasteiger partial charge on any atom is 0.237 e. The van der Waals surface area contributed by atoms with Crippen LogP contribution in [-0.4, -0.2) is 39.6 Å². The van der Waals surface area contributed by atoms with E-state index in [1.54, 1.807) is 7.11 Å². The Morgan fingerprint density at radius 1 is 1.14 bits per heavy atom. The maximum atomic E-state index is 12.6. The second-order valence-electron chi connectivity index (χ2n) is 6.94. The third-order valence-corrected chi connectivity index (χ3v) is 5.56. The number of hydrogen-bond acceptors (Lipinski definition) is 5. The van der Waals surface area contributed by atoms with Crippen LogP contribution >= 0.6 is 11.8 Å². The van der Waals surface area contributed by atoms with Crippen molar-refractivity contribution in [2.24, 2.45) is 0 Å². The van der Waals surface area contributed by atoms with E-state index in [-0.39, 0.29) is 11.2 Å². The number of nitrogens with one attached hydrogen (secondary N) is 1. The van der Waals surface area contributed by atoms with Crippen molar-refractivity contribution >= 4 is 23.4 Å². The Morgan fingerprint density at radius 2 is 1.90 bits per heavy atom. The normalized spacial score (nSPS) is 12.0. The first-order valence-corrected chi connectivity index (χ1v) is 10.4. The molecular weight excluding hydrogens is 384 g/mol. The summed E-state index contributed by atoms with van der Waals surface area (Å²) in [5.74, 6) is 0.705. The summed E-state index contributed by atoms with van der Waals surface area (Å²) < 4.78 is 7.27. The Balaban J connectivity index is 1.78. The number of hydrogen-bond donors (Lipinski definition) is 1. The molecule has 0 saturated heterocycles. The number of carbonyl (C=O) groups is 1. The first-order chi connectivity index (χ1) is 14.0. The van der Waals surface area contributed by atoms with Crippen molar-refractivity contribution in [3.05, 3.63) is 59.7 Å². The Kier molecular flexibility index (Phi) is 7.06. The Labute approximate surface area is 175 Å². The van der Waals surface area contributed by atoms with E-state index in [0.717, 1.165) is 28.2 Å². The van der Waals surface area contributed by atoms with Gasteiger partial charge < -0.3 is 10.1 Å². The van der Waals surface area contributed by atoms with E-state index in [1.807, 2.05) is 67.8 Å². The highest BCUT2D eigenvalue weighted by molar-refractivity contribution is 8.00. The van der Waals surface area contributed by atoms with Gasteiger partial charge in [-0.05, 0) is 39.0 Å². The maximum absolute atomic E-state index is 12.6. The van der Waals surface area contributed by atoms with E-state index >= 15 is 0 Å². The average Bonchev–Trinajstić information content (AvgIpc) is 3.10. The van der Waals surface area contributed by atoms with E-state index in [0.29, 0.717) is 18.3 Å². The zero-order valence-corrected chi connectivity index (χ0v) is 18.0. The number of thioether (sulfide) groups is 1. The van der Waals surface area contributed by atoms with Gasteiger partial charge in [0.1, 0.15) is 0 Å². The van der Waals surface area contributed by atoms with Crippen molar-refractivity contribution in [2.45, 2.75) is 37.7 Å². The molecule has 1 aromatic heterocycles. The molecule has 0 radical (unpaired) electrons. The molecule has 3 aromatic rings. The number of ether oxygens (including phenoxy) is 1. The van der Waals surface area contributed by atoms with E-state index in [2.05, 4.69) is 21.6 Å². The van der Waals surface area contributed by atoms with Gasteiger partial charge in [0.15, 0.2) is 11.0 Å². The topological polar surface area (TPSA) is 69.0 Å². The lowest BCUT2D eigenvalue weighted by atomic mass is 10.1. The fourth-order valence-electron chi connectivity index (χ4n) is 2.85. The van der Waals surface area contributed by atoms with Gasteiger partial charge in [0, 0.05) is 18.4 Å². The number of carbonyl (C=O) groups excluding carboxylic acids is 1. The fraction of sp³-hybridized carbons (Fsp3) is 0.318. The second kappa shape index (κ2) is 9.71. The molecule has 1 atom stereocenters. The molecule has 0 fully saturated rings. The lowest BCUT2D eigenvalue weighted by molar-refractivity contribution is -0.115. The number of rotatable bonds is 8. The van der Waals surface area contributed by atoms with Crippen LogP contribution in [0.3, 0.4) is 0 Å². The molecule has 0 unspecified atom stereocenters. The third kappa shape index (κ3) is 5.46. The van der Waals surface area contributed by atoms with Crippen LogP contribution in [0.15, 0.2) is 53.7 Å². The van der Waals surface area contributed by atoms with Gasteiger partial charge in [0.2, 0.25) is 5.91 Å². The average molecular weight is 411 g/mol. The Hall–Kier alpha value is -2.64. The number of methoxy groups -OCH3 is 1. The summed E-state index contributed by atoms with van der Waals surface area (Å²) in [5, 5.41) is 12.1. The quantitative estimate of drug-likeness (QED) is 0.560. The van der Waals surface area contributed by atoms with Crippen molar-refractivity contribution < 1.29 is 9.53 Å². The van der Waals surface area contributed by atoms with Gasteiger partial charge in [-0.3, -0.25) is 9.36 Å². The summed E-state index contributed by atoms with van der Waals surface area (Å²) in [6.07, 6.45) is 0. The number of amides is 1. The zero-order valence-electron chi connectivity index (χ0n) is 17.2. The van der Waals surface area contributed by atoms with Crippen LogP contribution < -0.4 is 5.32 Å². The van der Waals surface area contributed by atoms with Crippen LogP contribution in [0.5, 0.6) is 0 Å². The minimum Gasteiger partial charge on any atom is -0.383 e. The number of benzene rings is 2. The van der Waals surface area contributed by atoms with Crippen LogP contribution in [0.25, 0.3) is 11.4 Å². The summed E-state index contributed by atoms with van der Waals surface area (Å²) in [5.41, 5.74) is 4.09. The van der Waals surface area contributed by atoms with Crippen molar-refractivity contribution in [3.63, 3.8) is 0 Å². The van der Waals surface area contributed by atoms with Gasteiger partial charge in [-0.15, -0.1) is 10.2 Å². The van der Waals surface area contributed by atoms with E-state index in [9.17, 15) is 4.79 Å². The van der Waals surface area contributed by atoms with Gasteiger partial charge >= 0.3 is 0 Å². The second-order valence-corrected chi connectivity index (χ2v) is 8.24. The fourth-order valence-corrected chi connectivity index (χ4v) is 3.73. The monoisotopic (exact) mass is 410 g/mol. The van der Waals surface area contributed by atoms with Crippen molar-refractivity contribution in [3.8, 4) is 11.4 Å². The molecule has 1 N–H and O–H groups in total. The molecule has 0 aliphatic heterocycles. The number of anilines is 1. The largest absolute Gasteiger partial charge is 0.383 e. The molecule has 0 bridgehead atoms. The van der Waals surface area contributed by atoms with Gasteiger partial charge in [-0.25, -0.2) is 0 Å². The molecule has 1 heterocycles. The van der Waals surface area contributed by atoms with E-state index in [4.69, 9.17) is 4.74 Å². The van der Waals surface area contributed by atoms with Crippen LogP contribution in [0, 0.1) is 13.8 Å². The predicted molar refractivity (Wildman–Crippen MR) is 117 cm³/mol. The van der Waals surface area contributed by atoms with Crippen molar-refractivity contribution in [1.82, 2.24) is 14.8 Å². The van der Waals surface area contributed by atoms with Crippen LogP contribution in [0.4, 0.5) is 5.69 Å². The standard InChI is InChI=1S/C22H26N4O2S/c1-15-8-10-19(11-9-15)23-21(27)17(3)29-22-25-24-20(26(22)12-13-28-4)18-7-5-6-16(2)14-18/h5-11,14,17H,12-13H2,1-4H3,(H,23,27)/t17-/m1/s1. The zero-order chi connectivity index (χ0) is 20.8. The molecular formula is C22H26N4O2S. The number of aromatic nitrogens is 3. The summed E-state index contributed by atoms with van der Waals surface area (Å²) in [6.45, 7) is 7.08. The molecule has 29 heavy (non-hydrogen) atoms. The Morgan fingerprint density at radius 3 is 2.59 bits per heavy atom. The van der Waals surface area contributed by atoms with Crippen molar-refractivity contribution in [2.75, 3.05) is 19.0 Å². The van der Waals surface area contributed by atoms with E-state index in [1.165, 1.54) is 11.8 Å². The minimum absolute atomic E-state index is 0.0720. The van der Waals surface area contributed by atoms with Crippen LogP contribution in [-0.2, 0) is 16.1 Å². The first-order valence-electron chi connectivity index (χ1n) is 9.51. The number of nitrogens with zero attached hydrogens (tertiary/aromatic N) is 3. The molecule has 0 spiro atoms. The third-order valence-electron chi connectivity index (χ3n) is 4.48. The summed E-state index contributed by atoms with van der Waals surface area (Å²) in [4.78, 5) is 12.6. The highest BCUT2D eigenvalue weighted by atomic mass is 32.2. The molecule has 7 heteroatoms. The summed E-state index contributed by atoms with van der Waals surface area (Å²) in [7, 11) is 1.67. The van der Waals surface area contributed by atoms with Crippen LogP contribution in [0.2, 0.25) is 0 Å². The molecule has 2 aromatic carbocycles. The SMILES string of the molecule is COCCn1c(S[C@H](C)C(=O)Nc2ccc(C)cc2)nnc1-c1cccc(C)c1. The van der Waals surface area contributed by atoms with Crippen molar-refractivity contribution in [1.29, 1.82) is 0 Å². The van der Waals surface area contributed by atoms with Gasteiger partial charge in [-0.1, -0.05) is 53.2 Å². The summed E-state index contributed by atoms with van der Waals surface area (Å²) >= 11 is 1.39. The lowest BCUT2D eigenvalue weighted by Crippen LogP contribution is -2.23. The smallest absolute Gasteiger partial charge is 0.237 e. The molecule has 0 aliphatic rings. The highest BCUT2D eigenvalue weighted by Crippen LogP contribution is 2.28.